The fourth-order valence-corrected chi connectivity index (χ4v) is 1.31. The van der Waals surface area contributed by atoms with Crippen molar-refractivity contribution >= 4 is 0 Å². The van der Waals surface area contributed by atoms with Crippen molar-refractivity contribution in [3.05, 3.63) is 17.5 Å². The van der Waals surface area contributed by atoms with E-state index in [9.17, 15) is 13.2 Å². The van der Waals surface area contributed by atoms with E-state index in [1.54, 1.807) is 0 Å². The van der Waals surface area contributed by atoms with Crippen LogP contribution >= 0.6 is 0 Å². The van der Waals surface area contributed by atoms with Crippen LogP contribution in [-0.2, 0) is 18.6 Å². The fourth-order valence-electron chi connectivity index (χ4n) is 1.31. The Hall–Kier alpha value is -1.00. The van der Waals surface area contributed by atoms with Crippen LogP contribution in [-0.4, -0.2) is 9.78 Å². The highest BCUT2D eigenvalue weighted by Crippen LogP contribution is 2.31. The number of rotatable bonds is 0. The molecule has 0 N–H and O–H groups in total. The van der Waals surface area contributed by atoms with Crippen LogP contribution in [0.4, 0.5) is 13.2 Å². The minimum Gasteiger partial charge on any atom is -0.272 e. The predicted molar refractivity (Wildman–Crippen MR) is 46.9 cm³/mol. The number of hydrogen-bond acceptors (Lipinski definition) is 1. The Bertz CT molecular complexity index is 331. The van der Waals surface area contributed by atoms with E-state index < -0.39 is 11.9 Å². The first-order valence-electron chi connectivity index (χ1n) is 4.24. The molecule has 0 radical (unpaired) electrons. The lowest BCUT2D eigenvalue weighted by Crippen LogP contribution is -2.16. The van der Waals surface area contributed by atoms with Gasteiger partial charge in [-0.05, 0) is 6.07 Å². The Kier molecular flexibility index (Phi) is 2.37. The van der Waals surface area contributed by atoms with E-state index in [2.05, 4.69) is 5.10 Å². The second-order valence-electron chi connectivity index (χ2n) is 4.29. The molecule has 0 saturated heterocycles. The Morgan fingerprint density at radius 1 is 1.21 bits per heavy atom. The summed E-state index contributed by atoms with van der Waals surface area (Å²) < 4.78 is 38.2. The molecule has 1 aromatic rings. The van der Waals surface area contributed by atoms with Crippen molar-refractivity contribution in [2.75, 3.05) is 0 Å². The Labute approximate surface area is 80.7 Å². The fraction of sp³-hybridized carbons (Fsp3) is 0.667. The van der Waals surface area contributed by atoms with E-state index in [-0.39, 0.29) is 5.41 Å². The van der Waals surface area contributed by atoms with Crippen molar-refractivity contribution < 1.29 is 13.2 Å². The van der Waals surface area contributed by atoms with Gasteiger partial charge in [0.25, 0.3) is 0 Å². The topological polar surface area (TPSA) is 17.8 Å². The number of aryl methyl sites for hydroxylation is 1. The zero-order valence-corrected chi connectivity index (χ0v) is 8.61. The van der Waals surface area contributed by atoms with E-state index in [0.29, 0.717) is 5.69 Å². The van der Waals surface area contributed by atoms with Gasteiger partial charge < -0.3 is 0 Å². The van der Waals surface area contributed by atoms with Crippen molar-refractivity contribution in [2.45, 2.75) is 32.4 Å². The van der Waals surface area contributed by atoms with E-state index >= 15 is 0 Å². The first kappa shape index (κ1) is 11.1. The molecule has 0 spiro atoms. The molecule has 0 unspecified atom stereocenters. The van der Waals surface area contributed by atoms with Crippen LogP contribution < -0.4 is 0 Å². The van der Waals surface area contributed by atoms with Crippen molar-refractivity contribution in [1.82, 2.24) is 9.78 Å². The molecule has 0 saturated carbocycles. The van der Waals surface area contributed by atoms with Crippen LogP contribution in [0.3, 0.4) is 0 Å². The first-order chi connectivity index (χ1) is 6.12. The lowest BCUT2D eigenvalue weighted by Gasteiger charge is -2.17. The largest absolute Gasteiger partial charge is 0.435 e. The van der Waals surface area contributed by atoms with E-state index in [1.807, 2.05) is 20.8 Å². The van der Waals surface area contributed by atoms with Crippen LogP contribution in [0, 0.1) is 0 Å². The molecule has 14 heavy (non-hydrogen) atoms. The third kappa shape index (κ3) is 2.08. The van der Waals surface area contributed by atoms with Crippen molar-refractivity contribution in [3.8, 4) is 0 Å². The Morgan fingerprint density at radius 3 is 1.93 bits per heavy atom. The van der Waals surface area contributed by atoms with Gasteiger partial charge >= 0.3 is 6.18 Å². The average Bonchev–Trinajstić information content (AvgIpc) is 2.27. The van der Waals surface area contributed by atoms with Gasteiger partial charge in [-0.1, -0.05) is 20.8 Å². The molecular formula is C9H13F3N2. The number of hydrogen-bond donors (Lipinski definition) is 0. The summed E-state index contributed by atoms with van der Waals surface area (Å²) in [5.41, 5.74) is -0.583. The summed E-state index contributed by atoms with van der Waals surface area (Å²) in [6, 6.07) is 1.10. The summed E-state index contributed by atoms with van der Waals surface area (Å²) in [5.74, 6) is 0. The van der Waals surface area contributed by atoms with E-state index in [0.717, 1.165) is 6.07 Å². The molecule has 0 atom stereocenters. The van der Waals surface area contributed by atoms with Gasteiger partial charge in [0.1, 0.15) is 0 Å². The lowest BCUT2D eigenvalue weighted by atomic mass is 9.92. The smallest absolute Gasteiger partial charge is 0.272 e. The summed E-state index contributed by atoms with van der Waals surface area (Å²) in [4.78, 5) is 0. The Morgan fingerprint density at radius 2 is 1.71 bits per heavy atom. The highest BCUT2D eigenvalue weighted by atomic mass is 19.4. The van der Waals surface area contributed by atoms with Gasteiger partial charge in [-0.15, -0.1) is 0 Å². The monoisotopic (exact) mass is 206 g/mol. The molecule has 0 amide bonds. The van der Waals surface area contributed by atoms with Crippen molar-refractivity contribution in [3.63, 3.8) is 0 Å². The SMILES string of the molecule is Cn1nc(C(F)(F)F)cc1C(C)(C)C. The van der Waals surface area contributed by atoms with E-state index in [1.165, 1.54) is 11.7 Å². The highest BCUT2D eigenvalue weighted by molar-refractivity contribution is 5.19. The molecule has 1 rings (SSSR count). The summed E-state index contributed by atoms with van der Waals surface area (Å²) in [5, 5.41) is 3.44. The maximum atomic E-state index is 12.3. The number of halogens is 3. The summed E-state index contributed by atoms with van der Waals surface area (Å²) in [7, 11) is 1.52. The average molecular weight is 206 g/mol. The molecule has 0 aliphatic carbocycles. The lowest BCUT2D eigenvalue weighted by molar-refractivity contribution is -0.141. The molecule has 0 bridgehead atoms. The zero-order valence-electron chi connectivity index (χ0n) is 8.61. The number of aromatic nitrogens is 2. The molecule has 5 heteroatoms. The maximum absolute atomic E-state index is 12.3. The minimum absolute atomic E-state index is 0.328. The second-order valence-corrected chi connectivity index (χ2v) is 4.29. The first-order valence-corrected chi connectivity index (χ1v) is 4.24. The van der Waals surface area contributed by atoms with Crippen LogP contribution in [0.2, 0.25) is 0 Å². The van der Waals surface area contributed by atoms with Gasteiger partial charge in [0.05, 0.1) is 0 Å². The third-order valence-corrected chi connectivity index (χ3v) is 1.94. The van der Waals surface area contributed by atoms with Crippen molar-refractivity contribution in [1.29, 1.82) is 0 Å². The summed E-state index contributed by atoms with van der Waals surface area (Å²) >= 11 is 0. The van der Waals surface area contributed by atoms with Crippen LogP contribution in [0.25, 0.3) is 0 Å². The standard InChI is InChI=1S/C9H13F3N2/c1-8(2,3)7-5-6(9(10,11)12)13-14(7)4/h5H,1-4H3. The molecule has 2 nitrogen and oxygen atoms in total. The van der Waals surface area contributed by atoms with Crippen LogP contribution in [0.1, 0.15) is 32.2 Å². The minimum atomic E-state index is -4.36. The third-order valence-electron chi connectivity index (χ3n) is 1.94. The number of alkyl halides is 3. The normalized spacial score (nSPS) is 13.4. The molecule has 1 heterocycles. The predicted octanol–water partition coefficient (Wildman–Crippen LogP) is 2.74. The van der Waals surface area contributed by atoms with Gasteiger partial charge in [0.2, 0.25) is 0 Å². The zero-order chi connectivity index (χ0) is 11.1. The van der Waals surface area contributed by atoms with Crippen LogP contribution in [0.15, 0.2) is 6.07 Å². The van der Waals surface area contributed by atoms with Gasteiger partial charge in [-0.2, -0.15) is 18.3 Å². The van der Waals surface area contributed by atoms with E-state index in [4.69, 9.17) is 0 Å². The second kappa shape index (κ2) is 3.00. The molecular weight excluding hydrogens is 193 g/mol. The summed E-state index contributed by atoms with van der Waals surface area (Å²) in [6.07, 6.45) is -4.36. The highest BCUT2D eigenvalue weighted by Gasteiger charge is 2.35. The quantitative estimate of drug-likeness (QED) is 0.638. The maximum Gasteiger partial charge on any atom is 0.435 e. The molecule has 80 valence electrons. The Balaban J connectivity index is 3.19. The summed E-state index contributed by atoms with van der Waals surface area (Å²) in [6.45, 7) is 5.55. The van der Waals surface area contributed by atoms with Gasteiger partial charge in [0, 0.05) is 18.2 Å². The van der Waals surface area contributed by atoms with Gasteiger partial charge in [-0.25, -0.2) is 0 Å². The van der Waals surface area contributed by atoms with Gasteiger partial charge in [-0.3, -0.25) is 4.68 Å². The molecule has 0 aromatic carbocycles. The number of nitrogens with zero attached hydrogens (tertiary/aromatic N) is 2. The molecule has 0 fully saturated rings. The molecule has 0 aliphatic rings. The van der Waals surface area contributed by atoms with Crippen molar-refractivity contribution in [2.24, 2.45) is 7.05 Å². The van der Waals surface area contributed by atoms with Crippen LogP contribution in [0.5, 0.6) is 0 Å². The van der Waals surface area contributed by atoms with Gasteiger partial charge in [0.15, 0.2) is 5.69 Å². The molecule has 0 aliphatic heterocycles. The molecule has 1 aromatic heterocycles.